The van der Waals surface area contributed by atoms with Crippen molar-refractivity contribution < 1.29 is 14.3 Å². The molecule has 184 valence electrons. The summed E-state index contributed by atoms with van der Waals surface area (Å²) in [6.45, 7) is 0. The molecule has 2 aromatic carbocycles. The molecule has 0 saturated carbocycles. The summed E-state index contributed by atoms with van der Waals surface area (Å²) in [5, 5.41) is 11.6. The van der Waals surface area contributed by atoms with Gasteiger partial charge >= 0.3 is 5.97 Å². The van der Waals surface area contributed by atoms with Crippen LogP contribution in [0.4, 0.5) is 5.69 Å². The summed E-state index contributed by atoms with van der Waals surface area (Å²) in [6.07, 6.45) is 8.72. The maximum atomic E-state index is 12.5. The number of nitrogens with one attached hydrogen (secondary N) is 2. The van der Waals surface area contributed by atoms with Gasteiger partial charge in [0.2, 0.25) is 5.91 Å². The Bertz CT molecular complexity index is 1350. The second-order valence-corrected chi connectivity index (χ2v) is 9.30. The van der Waals surface area contributed by atoms with Crippen molar-refractivity contribution in [2.24, 2.45) is 0 Å². The lowest BCUT2D eigenvalue weighted by Crippen LogP contribution is -2.11. The number of hydrogen-bond donors (Lipinski definition) is 2. The highest BCUT2D eigenvalue weighted by molar-refractivity contribution is 7.99. The maximum Gasteiger partial charge on any atom is 0.305 e. The first-order valence-corrected chi connectivity index (χ1v) is 12.6. The number of aromatic nitrogens is 3. The zero-order valence-electron chi connectivity index (χ0n) is 20.1. The number of amides is 1. The fourth-order valence-electron chi connectivity index (χ4n) is 3.68. The summed E-state index contributed by atoms with van der Waals surface area (Å²) in [5.74, 6) is -0.245. The first-order chi connectivity index (χ1) is 17.6. The first-order valence-electron chi connectivity index (χ1n) is 11.8. The second-order valence-electron chi connectivity index (χ2n) is 8.19. The Balaban J connectivity index is 1.37. The molecule has 2 N–H and O–H groups in total. The normalized spacial score (nSPS) is 11.1. The number of fused-ring (bicyclic) bond motifs is 1. The van der Waals surface area contributed by atoms with Crippen LogP contribution in [0.1, 0.15) is 43.5 Å². The Hall–Kier alpha value is -3.91. The van der Waals surface area contributed by atoms with Gasteiger partial charge < -0.3 is 10.1 Å². The van der Waals surface area contributed by atoms with Crippen molar-refractivity contribution in [3.8, 4) is 0 Å². The molecule has 0 radical (unpaired) electrons. The summed E-state index contributed by atoms with van der Waals surface area (Å²) in [7, 11) is 1.39. The SMILES string of the molecule is COC(=O)CCCCCC(=O)Nc1ccccc1Sc1ccc2c(/C=C/c3ccccn3)n[nH]c2c1. The predicted molar refractivity (Wildman–Crippen MR) is 144 cm³/mol. The highest BCUT2D eigenvalue weighted by atomic mass is 32.2. The predicted octanol–water partition coefficient (Wildman–Crippen LogP) is 6.34. The number of benzene rings is 2. The fraction of sp³-hybridized carbons (Fsp3) is 0.214. The highest BCUT2D eigenvalue weighted by Crippen LogP contribution is 2.35. The van der Waals surface area contributed by atoms with E-state index >= 15 is 0 Å². The zero-order chi connectivity index (χ0) is 25.2. The number of para-hydroxylation sites is 1. The number of H-pyrrole nitrogens is 1. The largest absolute Gasteiger partial charge is 0.469 e. The molecule has 8 heteroatoms. The number of hydrogen-bond acceptors (Lipinski definition) is 6. The van der Waals surface area contributed by atoms with Crippen LogP contribution >= 0.6 is 11.8 Å². The summed E-state index contributed by atoms with van der Waals surface area (Å²) >= 11 is 1.59. The smallest absolute Gasteiger partial charge is 0.305 e. The van der Waals surface area contributed by atoms with Crippen molar-refractivity contribution in [3.63, 3.8) is 0 Å². The van der Waals surface area contributed by atoms with Crippen molar-refractivity contribution in [2.75, 3.05) is 12.4 Å². The number of ether oxygens (including phenoxy) is 1. The van der Waals surface area contributed by atoms with E-state index in [1.54, 1.807) is 18.0 Å². The van der Waals surface area contributed by atoms with Gasteiger partial charge in [-0.1, -0.05) is 36.4 Å². The third-order valence-electron chi connectivity index (χ3n) is 5.56. The molecule has 0 fully saturated rings. The molecule has 0 unspecified atom stereocenters. The number of esters is 1. The van der Waals surface area contributed by atoms with E-state index in [2.05, 4.69) is 43.4 Å². The van der Waals surface area contributed by atoms with Gasteiger partial charge in [-0.05, 0) is 67.5 Å². The minimum atomic E-state index is -0.212. The molecule has 0 bridgehead atoms. The molecule has 0 aliphatic heterocycles. The monoisotopic (exact) mass is 500 g/mol. The average Bonchev–Trinajstić information content (AvgIpc) is 3.31. The minimum Gasteiger partial charge on any atom is -0.469 e. The molecule has 0 spiro atoms. The number of carbonyl (C=O) groups is 2. The van der Waals surface area contributed by atoms with Crippen LogP contribution in [0.3, 0.4) is 0 Å². The number of unbranched alkanes of at least 4 members (excludes halogenated alkanes) is 2. The minimum absolute atomic E-state index is 0.0329. The number of pyridine rings is 1. The van der Waals surface area contributed by atoms with Gasteiger partial charge in [0.25, 0.3) is 0 Å². The standard InChI is InChI=1S/C28H28N4O3S/c1-35-28(34)13-4-2-3-12-27(33)30-24-10-5-6-11-26(24)36-21-15-16-22-23(31-32-25(22)19-21)17-14-20-9-7-8-18-29-20/h5-11,14-19H,2-4,12-13H2,1H3,(H,30,33)(H,31,32)/b17-14+. The van der Waals surface area contributed by atoms with Gasteiger partial charge in [0.1, 0.15) is 0 Å². The first kappa shape index (κ1) is 25.2. The molecule has 0 saturated heterocycles. The van der Waals surface area contributed by atoms with Gasteiger partial charge in [0.05, 0.1) is 29.7 Å². The van der Waals surface area contributed by atoms with E-state index in [-0.39, 0.29) is 11.9 Å². The van der Waals surface area contributed by atoms with E-state index in [9.17, 15) is 9.59 Å². The highest BCUT2D eigenvalue weighted by Gasteiger charge is 2.10. The van der Waals surface area contributed by atoms with E-state index in [1.807, 2.05) is 54.6 Å². The molecule has 0 atom stereocenters. The van der Waals surface area contributed by atoms with Gasteiger partial charge in [0, 0.05) is 34.2 Å². The maximum absolute atomic E-state index is 12.5. The lowest BCUT2D eigenvalue weighted by Gasteiger charge is -2.11. The van der Waals surface area contributed by atoms with Crippen LogP contribution in [-0.4, -0.2) is 34.2 Å². The van der Waals surface area contributed by atoms with Crippen molar-refractivity contribution in [1.82, 2.24) is 15.2 Å². The molecular weight excluding hydrogens is 472 g/mol. The summed E-state index contributed by atoms with van der Waals surface area (Å²) in [6, 6.07) is 19.7. The lowest BCUT2D eigenvalue weighted by atomic mass is 10.1. The van der Waals surface area contributed by atoms with Gasteiger partial charge in [-0.3, -0.25) is 19.7 Å². The van der Waals surface area contributed by atoms with Crippen LogP contribution < -0.4 is 5.32 Å². The van der Waals surface area contributed by atoms with Crippen LogP contribution in [0.2, 0.25) is 0 Å². The number of nitrogens with zero attached hydrogens (tertiary/aromatic N) is 2. The average molecular weight is 501 g/mol. The third-order valence-corrected chi connectivity index (χ3v) is 6.63. The lowest BCUT2D eigenvalue weighted by molar-refractivity contribution is -0.140. The van der Waals surface area contributed by atoms with Crippen molar-refractivity contribution >= 4 is 52.4 Å². The van der Waals surface area contributed by atoms with Crippen LogP contribution in [0.25, 0.3) is 23.1 Å². The molecular formula is C28H28N4O3S. The van der Waals surface area contributed by atoms with Crippen molar-refractivity contribution in [1.29, 1.82) is 0 Å². The van der Waals surface area contributed by atoms with E-state index in [4.69, 9.17) is 0 Å². The summed E-state index contributed by atoms with van der Waals surface area (Å²) in [5.41, 5.74) is 3.45. The molecule has 1 amide bonds. The quantitative estimate of drug-likeness (QED) is 0.184. The molecule has 2 aromatic heterocycles. The Labute approximate surface area is 214 Å². The van der Waals surface area contributed by atoms with Crippen LogP contribution in [-0.2, 0) is 14.3 Å². The van der Waals surface area contributed by atoms with Gasteiger partial charge in [0.15, 0.2) is 0 Å². The number of anilines is 1. The van der Waals surface area contributed by atoms with Gasteiger partial charge in [-0.15, -0.1) is 0 Å². The molecule has 36 heavy (non-hydrogen) atoms. The number of rotatable bonds is 11. The van der Waals surface area contributed by atoms with Crippen molar-refractivity contribution in [3.05, 3.63) is 78.2 Å². The fourth-order valence-corrected chi connectivity index (χ4v) is 4.62. The van der Waals surface area contributed by atoms with E-state index in [0.29, 0.717) is 12.8 Å². The van der Waals surface area contributed by atoms with E-state index in [0.717, 1.165) is 57.0 Å². The van der Waals surface area contributed by atoms with Crippen LogP contribution in [0.15, 0.2) is 76.7 Å². The van der Waals surface area contributed by atoms with E-state index in [1.165, 1.54) is 7.11 Å². The third kappa shape index (κ3) is 7.05. The Morgan fingerprint density at radius 2 is 1.83 bits per heavy atom. The van der Waals surface area contributed by atoms with Gasteiger partial charge in [-0.2, -0.15) is 5.10 Å². The Kier molecular flexibility index (Phi) is 8.88. The van der Waals surface area contributed by atoms with E-state index < -0.39 is 0 Å². The zero-order valence-corrected chi connectivity index (χ0v) is 20.9. The molecule has 7 nitrogen and oxygen atoms in total. The molecule has 0 aliphatic carbocycles. The number of methoxy groups -OCH3 is 1. The van der Waals surface area contributed by atoms with Crippen molar-refractivity contribution in [2.45, 2.75) is 41.9 Å². The number of carbonyl (C=O) groups excluding carboxylic acids is 2. The molecule has 4 aromatic rings. The Morgan fingerprint density at radius 3 is 2.67 bits per heavy atom. The second kappa shape index (κ2) is 12.7. The molecule has 0 aliphatic rings. The topological polar surface area (TPSA) is 97.0 Å². The van der Waals surface area contributed by atoms with Crippen LogP contribution in [0, 0.1) is 0 Å². The Morgan fingerprint density at radius 1 is 1.00 bits per heavy atom. The number of aromatic amines is 1. The van der Waals surface area contributed by atoms with Gasteiger partial charge in [-0.25, -0.2) is 0 Å². The summed E-state index contributed by atoms with van der Waals surface area (Å²) in [4.78, 5) is 30.0. The van der Waals surface area contributed by atoms with Crippen LogP contribution in [0.5, 0.6) is 0 Å². The molecule has 4 rings (SSSR count). The summed E-state index contributed by atoms with van der Waals surface area (Å²) < 4.78 is 4.64. The molecule has 2 heterocycles.